The van der Waals surface area contributed by atoms with E-state index in [9.17, 15) is 13.2 Å². The van der Waals surface area contributed by atoms with E-state index in [1.165, 1.54) is 24.0 Å². The third-order valence-corrected chi connectivity index (χ3v) is 8.07. The highest BCUT2D eigenvalue weighted by Gasteiger charge is 2.25. The number of ether oxygens (including phenoxy) is 2. The van der Waals surface area contributed by atoms with E-state index in [2.05, 4.69) is 11.4 Å². The van der Waals surface area contributed by atoms with Gasteiger partial charge in [0.2, 0.25) is 10.0 Å². The number of carbonyl (C=O) groups excluding carboxylic acids is 1. The maximum Gasteiger partial charge on any atom is 0.258 e. The lowest BCUT2D eigenvalue weighted by atomic mass is 9.92. The van der Waals surface area contributed by atoms with Crippen molar-refractivity contribution in [2.75, 3.05) is 32.8 Å². The third-order valence-electron chi connectivity index (χ3n) is 6.16. The van der Waals surface area contributed by atoms with Gasteiger partial charge in [0.05, 0.1) is 11.4 Å². The molecule has 0 aromatic heterocycles. The first kappa shape index (κ1) is 23.6. The van der Waals surface area contributed by atoms with Crippen LogP contribution in [0.4, 0.5) is 0 Å². The predicted molar refractivity (Wildman–Crippen MR) is 126 cm³/mol. The number of rotatable bonds is 9. The Morgan fingerprint density at radius 3 is 2.30 bits per heavy atom. The first-order valence-electron chi connectivity index (χ1n) is 11.8. The molecule has 33 heavy (non-hydrogen) atoms. The minimum absolute atomic E-state index is 0.0398. The van der Waals surface area contributed by atoms with Crippen LogP contribution in [-0.2, 0) is 27.7 Å². The maximum atomic E-state index is 12.7. The highest BCUT2D eigenvalue weighted by Crippen LogP contribution is 2.25. The fourth-order valence-corrected chi connectivity index (χ4v) is 5.84. The zero-order chi connectivity index (χ0) is 23.1. The van der Waals surface area contributed by atoms with Gasteiger partial charge in [0.15, 0.2) is 6.61 Å². The van der Waals surface area contributed by atoms with Gasteiger partial charge < -0.3 is 14.8 Å². The van der Waals surface area contributed by atoms with Gasteiger partial charge in [-0.25, -0.2) is 8.42 Å². The van der Waals surface area contributed by atoms with Crippen molar-refractivity contribution in [3.63, 3.8) is 0 Å². The van der Waals surface area contributed by atoms with Gasteiger partial charge in [0.25, 0.3) is 5.91 Å². The van der Waals surface area contributed by atoms with Crippen LogP contribution in [0.3, 0.4) is 0 Å². The van der Waals surface area contributed by atoms with Crippen molar-refractivity contribution >= 4 is 15.9 Å². The number of aryl methyl sites for hydroxylation is 2. The average Bonchev–Trinajstić information content (AvgIpc) is 2.86. The highest BCUT2D eigenvalue weighted by molar-refractivity contribution is 7.89. The molecule has 0 saturated carbocycles. The molecule has 0 unspecified atom stereocenters. The Morgan fingerprint density at radius 2 is 1.55 bits per heavy atom. The number of nitrogens with one attached hydrogen (secondary N) is 1. The molecular formula is C25H32N2O5S. The number of nitrogens with zero attached hydrogens (tertiary/aromatic N) is 1. The largest absolute Gasteiger partial charge is 0.492 e. The number of amides is 1. The molecular weight excluding hydrogens is 440 g/mol. The molecule has 8 heteroatoms. The van der Waals surface area contributed by atoms with Crippen molar-refractivity contribution in [3.8, 4) is 11.5 Å². The number of hydrogen-bond donors (Lipinski definition) is 1. The molecule has 1 fully saturated rings. The van der Waals surface area contributed by atoms with Crippen LogP contribution < -0.4 is 14.8 Å². The van der Waals surface area contributed by atoms with Crippen LogP contribution in [0.25, 0.3) is 0 Å². The summed E-state index contributed by atoms with van der Waals surface area (Å²) in [6, 6.07) is 12.5. The maximum absolute atomic E-state index is 12.7. The molecule has 2 aromatic rings. The molecule has 0 bridgehead atoms. The second-order valence-corrected chi connectivity index (χ2v) is 10.5. The van der Waals surface area contributed by atoms with E-state index in [4.69, 9.17) is 9.47 Å². The fourth-order valence-electron chi connectivity index (χ4n) is 4.32. The summed E-state index contributed by atoms with van der Waals surface area (Å²) in [7, 11) is -3.44. The summed E-state index contributed by atoms with van der Waals surface area (Å²) in [5, 5.41) is 2.77. The summed E-state index contributed by atoms with van der Waals surface area (Å²) in [6.07, 6.45) is 7.52. The molecule has 0 spiro atoms. The standard InChI is InChI=1S/C25H32N2O5S/c28-25(19-32-23-9-8-20-6-2-3-7-21(20)18-23)26-14-17-31-22-10-12-24(13-11-22)33(29,30)27-15-4-1-5-16-27/h8-13,18H,1-7,14-17,19H2,(H,26,28). The molecule has 178 valence electrons. The van der Waals surface area contributed by atoms with Gasteiger partial charge in [-0.2, -0.15) is 4.31 Å². The van der Waals surface area contributed by atoms with Crippen LogP contribution in [0.1, 0.15) is 43.2 Å². The van der Waals surface area contributed by atoms with Crippen LogP contribution in [-0.4, -0.2) is 51.5 Å². The van der Waals surface area contributed by atoms with Crippen LogP contribution in [0.2, 0.25) is 0 Å². The second kappa shape index (κ2) is 11.0. The fraction of sp³-hybridized carbons (Fsp3) is 0.480. The van der Waals surface area contributed by atoms with Gasteiger partial charge in [0, 0.05) is 13.1 Å². The number of carbonyl (C=O) groups is 1. The van der Waals surface area contributed by atoms with E-state index in [1.54, 1.807) is 28.6 Å². The van der Waals surface area contributed by atoms with Crippen molar-refractivity contribution < 1.29 is 22.7 Å². The van der Waals surface area contributed by atoms with E-state index in [-0.39, 0.29) is 24.0 Å². The van der Waals surface area contributed by atoms with Crippen LogP contribution in [0.15, 0.2) is 47.4 Å². The van der Waals surface area contributed by atoms with Crippen molar-refractivity contribution in [1.29, 1.82) is 0 Å². The summed E-state index contributed by atoms with van der Waals surface area (Å²) >= 11 is 0. The van der Waals surface area contributed by atoms with E-state index in [1.807, 2.05) is 12.1 Å². The lowest BCUT2D eigenvalue weighted by Gasteiger charge is -2.25. The van der Waals surface area contributed by atoms with Crippen molar-refractivity contribution in [3.05, 3.63) is 53.6 Å². The Hall–Kier alpha value is -2.58. The summed E-state index contributed by atoms with van der Waals surface area (Å²) in [5.41, 5.74) is 2.70. The smallest absolute Gasteiger partial charge is 0.258 e. The van der Waals surface area contributed by atoms with E-state index in [0.29, 0.717) is 25.4 Å². The molecule has 1 aliphatic heterocycles. The monoisotopic (exact) mass is 472 g/mol. The zero-order valence-electron chi connectivity index (χ0n) is 18.9. The SMILES string of the molecule is O=C(COc1ccc2c(c1)CCCC2)NCCOc1ccc(S(=O)(=O)N2CCCCC2)cc1. The average molecular weight is 473 g/mol. The predicted octanol–water partition coefficient (Wildman–Crippen LogP) is 3.31. The lowest BCUT2D eigenvalue weighted by molar-refractivity contribution is -0.123. The first-order valence-corrected chi connectivity index (χ1v) is 13.2. The van der Waals surface area contributed by atoms with Crippen molar-refractivity contribution in [1.82, 2.24) is 9.62 Å². The van der Waals surface area contributed by atoms with Gasteiger partial charge in [-0.1, -0.05) is 12.5 Å². The Balaban J connectivity index is 1.17. The number of hydrogen-bond acceptors (Lipinski definition) is 5. The molecule has 2 aromatic carbocycles. The zero-order valence-corrected chi connectivity index (χ0v) is 19.7. The Labute approximate surface area is 196 Å². The highest BCUT2D eigenvalue weighted by atomic mass is 32.2. The molecule has 1 amide bonds. The number of fused-ring (bicyclic) bond motifs is 1. The van der Waals surface area contributed by atoms with Gasteiger partial charge >= 0.3 is 0 Å². The van der Waals surface area contributed by atoms with Gasteiger partial charge in [-0.05, 0) is 86.1 Å². The molecule has 4 rings (SSSR count). The normalized spacial score (nSPS) is 16.6. The quantitative estimate of drug-likeness (QED) is 0.566. The summed E-state index contributed by atoms with van der Waals surface area (Å²) in [4.78, 5) is 12.3. The second-order valence-electron chi connectivity index (χ2n) is 8.56. The first-order chi connectivity index (χ1) is 16.0. The van der Waals surface area contributed by atoms with Gasteiger partial charge in [-0.15, -0.1) is 0 Å². The van der Waals surface area contributed by atoms with Crippen molar-refractivity contribution in [2.45, 2.75) is 49.8 Å². The molecule has 1 saturated heterocycles. The minimum atomic E-state index is -3.44. The number of sulfonamides is 1. The summed E-state index contributed by atoms with van der Waals surface area (Å²) in [6.45, 7) is 1.73. The van der Waals surface area contributed by atoms with Gasteiger partial charge in [0.1, 0.15) is 18.1 Å². The van der Waals surface area contributed by atoms with Gasteiger partial charge in [-0.3, -0.25) is 4.79 Å². The van der Waals surface area contributed by atoms with E-state index < -0.39 is 10.0 Å². The summed E-state index contributed by atoms with van der Waals surface area (Å²) in [5.74, 6) is 1.08. The molecule has 2 aliphatic rings. The molecule has 7 nitrogen and oxygen atoms in total. The Morgan fingerprint density at radius 1 is 0.848 bits per heavy atom. The van der Waals surface area contributed by atoms with Crippen LogP contribution >= 0.6 is 0 Å². The number of benzene rings is 2. The molecule has 0 radical (unpaired) electrons. The van der Waals surface area contributed by atoms with Crippen LogP contribution in [0.5, 0.6) is 11.5 Å². The Kier molecular flexibility index (Phi) is 7.88. The molecule has 1 aliphatic carbocycles. The molecule has 1 N–H and O–H groups in total. The molecule has 0 atom stereocenters. The third kappa shape index (κ3) is 6.26. The van der Waals surface area contributed by atoms with E-state index >= 15 is 0 Å². The van der Waals surface area contributed by atoms with Crippen LogP contribution in [0, 0.1) is 0 Å². The minimum Gasteiger partial charge on any atom is -0.492 e. The Bertz CT molecular complexity index is 1050. The summed E-state index contributed by atoms with van der Waals surface area (Å²) < 4.78 is 38.2. The molecule has 1 heterocycles. The van der Waals surface area contributed by atoms with Crippen molar-refractivity contribution in [2.24, 2.45) is 0 Å². The van der Waals surface area contributed by atoms with E-state index in [0.717, 1.165) is 37.9 Å². The topological polar surface area (TPSA) is 84.9 Å². The lowest BCUT2D eigenvalue weighted by Crippen LogP contribution is -2.35. The number of piperidine rings is 1.